The molecule has 0 amide bonds. The second kappa shape index (κ2) is 8.98. The maximum absolute atomic E-state index is 8.94. The van der Waals surface area contributed by atoms with E-state index in [2.05, 4.69) is 46.8 Å². The van der Waals surface area contributed by atoms with Crippen molar-refractivity contribution < 1.29 is 5.11 Å². The lowest BCUT2D eigenvalue weighted by atomic mass is 9.64. The molecule has 1 saturated carbocycles. The highest BCUT2D eigenvalue weighted by atomic mass is 16.3. The maximum Gasteiger partial charge on any atom is 0.0433 e. The fraction of sp³-hybridized carbons (Fsp3) is 0.900. The van der Waals surface area contributed by atoms with E-state index in [0.717, 1.165) is 18.3 Å². The van der Waals surface area contributed by atoms with Crippen LogP contribution in [0.3, 0.4) is 0 Å². The quantitative estimate of drug-likeness (QED) is 0.558. The largest absolute Gasteiger partial charge is 0.396 e. The average Bonchev–Trinajstić information content (AvgIpc) is 2.37. The predicted molar refractivity (Wildman–Crippen MR) is 93.3 cm³/mol. The molecule has 0 aromatic heterocycles. The molecule has 0 aromatic rings. The lowest BCUT2D eigenvalue weighted by molar-refractivity contribution is 0.122. The van der Waals surface area contributed by atoms with Gasteiger partial charge in [-0.3, -0.25) is 0 Å². The van der Waals surface area contributed by atoms with Crippen LogP contribution in [-0.4, -0.2) is 11.7 Å². The molecule has 0 heterocycles. The van der Waals surface area contributed by atoms with Crippen molar-refractivity contribution in [1.82, 2.24) is 0 Å². The Hall–Kier alpha value is -0.300. The first-order chi connectivity index (χ1) is 9.86. The minimum Gasteiger partial charge on any atom is -0.396 e. The predicted octanol–water partition coefficient (Wildman–Crippen LogP) is 5.83. The Bertz CT molecular complexity index is 305. The SMILES string of the molecule is CC(/C=C/[C@@H]1C(C)CCCC1(C)C)CCC[C@H](C)CCO. The minimum atomic E-state index is 0.339. The van der Waals surface area contributed by atoms with Crippen LogP contribution < -0.4 is 0 Å². The van der Waals surface area contributed by atoms with Gasteiger partial charge in [0.05, 0.1) is 0 Å². The van der Waals surface area contributed by atoms with Gasteiger partial charge in [-0.25, -0.2) is 0 Å². The van der Waals surface area contributed by atoms with Gasteiger partial charge >= 0.3 is 0 Å². The van der Waals surface area contributed by atoms with Crippen molar-refractivity contribution in [2.75, 3.05) is 6.61 Å². The Morgan fingerprint density at radius 3 is 2.52 bits per heavy atom. The molecule has 0 spiro atoms. The molecular formula is C20H38O. The van der Waals surface area contributed by atoms with Gasteiger partial charge in [-0.2, -0.15) is 0 Å². The zero-order valence-corrected chi connectivity index (χ0v) is 15.1. The van der Waals surface area contributed by atoms with Gasteiger partial charge in [0.15, 0.2) is 0 Å². The summed E-state index contributed by atoms with van der Waals surface area (Å²) in [4.78, 5) is 0. The number of rotatable bonds is 8. The molecule has 124 valence electrons. The molecule has 1 fully saturated rings. The smallest absolute Gasteiger partial charge is 0.0433 e. The summed E-state index contributed by atoms with van der Waals surface area (Å²) in [5.41, 5.74) is 0.476. The van der Waals surface area contributed by atoms with Crippen LogP contribution in [0.5, 0.6) is 0 Å². The van der Waals surface area contributed by atoms with Gasteiger partial charge in [0.1, 0.15) is 0 Å². The van der Waals surface area contributed by atoms with Crippen molar-refractivity contribution in [2.24, 2.45) is 29.1 Å². The van der Waals surface area contributed by atoms with Crippen molar-refractivity contribution in [3.05, 3.63) is 12.2 Å². The van der Waals surface area contributed by atoms with E-state index in [1.165, 1.54) is 38.5 Å². The van der Waals surface area contributed by atoms with E-state index < -0.39 is 0 Å². The minimum absolute atomic E-state index is 0.339. The molecular weight excluding hydrogens is 256 g/mol. The summed E-state index contributed by atoms with van der Waals surface area (Å²) in [6.45, 7) is 12.3. The molecule has 4 atom stereocenters. The molecule has 2 unspecified atom stereocenters. The molecule has 0 aromatic carbocycles. The van der Waals surface area contributed by atoms with Crippen LogP contribution in [0.1, 0.15) is 79.6 Å². The molecule has 0 bridgehead atoms. The summed E-state index contributed by atoms with van der Waals surface area (Å²) >= 11 is 0. The van der Waals surface area contributed by atoms with Crippen molar-refractivity contribution in [3.8, 4) is 0 Å². The molecule has 1 aliphatic rings. The maximum atomic E-state index is 8.94. The number of aliphatic hydroxyl groups is 1. The van der Waals surface area contributed by atoms with Crippen molar-refractivity contribution in [2.45, 2.75) is 79.6 Å². The summed E-state index contributed by atoms with van der Waals surface area (Å²) in [7, 11) is 0. The summed E-state index contributed by atoms with van der Waals surface area (Å²) in [6, 6.07) is 0. The summed E-state index contributed by atoms with van der Waals surface area (Å²) in [5.74, 6) is 2.95. The van der Waals surface area contributed by atoms with Crippen LogP contribution >= 0.6 is 0 Å². The number of allylic oxidation sites excluding steroid dienone is 2. The third-order valence-corrected chi connectivity index (χ3v) is 5.62. The number of hydrogen-bond donors (Lipinski definition) is 1. The first-order valence-electron chi connectivity index (χ1n) is 9.16. The van der Waals surface area contributed by atoms with Gasteiger partial charge in [0, 0.05) is 6.61 Å². The molecule has 1 heteroatoms. The van der Waals surface area contributed by atoms with Crippen LogP contribution in [0.15, 0.2) is 12.2 Å². The van der Waals surface area contributed by atoms with Gasteiger partial charge < -0.3 is 5.11 Å². The Kier molecular flexibility index (Phi) is 8.02. The topological polar surface area (TPSA) is 20.2 Å². The number of aliphatic hydroxyl groups excluding tert-OH is 1. The molecule has 0 saturated heterocycles. The Morgan fingerprint density at radius 1 is 1.19 bits per heavy atom. The monoisotopic (exact) mass is 294 g/mol. The van der Waals surface area contributed by atoms with Gasteiger partial charge in [-0.1, -0.05) is 72.5 Å². The third-order valence-electron chi connectivity index (χ3n) is 5.62. The van der Waals surface area contributed by atoms with E-state index in [0.29, 0.717) is 23.9 Å². The Morgan fingerprint density at radius 2 is 1.90 bits per heavy atom. The van der Waals surface area contributed by atoms with Gasteiger partial charge in [0.25, 0.3) is 0 Å². The number of hydrogen-bond acceptors (Lipinski definition) is 1. The summed E-state index contributed by atoms with van der Waals surface area (Å²) in [6.07, 6.45) is 14.0. The van der Waals surface area contributed by atoms with Crippen LogP contribution in [0.2, 0.25) is 0 Å². The zero-order valence-electron chi connectivity index (χ0n) is 15.1. The highest BCUT2D eigenvalue weighted by Gasteiger charge is 2.34. The average molecular weight is 295 g/mol. The summed E-state index contributed by atoms with van der Waals surface area (Å²) < 4.78 is 0. The highest BCUT2D eigenvalue weighted by Crippen LogP contribution is 2.44. The van der Waals surface area contributed by atoms with Crippen LogP contribution in [0.25, 0.3) is 0 Å². The van der Waals surface area contributed by atoms with Gasteiger partial charge in [-0.05, 0) is 48.3 Å². The van der Waals surface area contributed by atoms with E-state index in [4.69, 9.17) is 5.11 Å². The molecule has 1 nitrogen and oxygen atoms in total. The first kappa shape index (κ1) is 18.7. The van der Waals surface area contributed by atoms with Crippen LogP contribution in [0.4, 0.5) is 0 Å². The van der Waals surface area contributed by atoms with Crippen LogP contribution in [0, 0.1) is 29.1 Å². The third kappa shape index (κ3) is 6.55. The Labute approximate surface area is 133 Å². The summed E-state index contributed by atoms with van der Waals surface area (Å²) in [5, 5.41) is 8.94. The van der Waals surface area contributed by atoms with Crippen molar-refractivity contribution in [1.29, 1.82) is 0 Å². The molecule has 0 aliphatic heterocycles. The fourth-order valence-corrected chi connectivity index (χ4v) is 4.00. The standard InChI is InChI=1S/C20H38O/c1-16(8-6-9-17(2)13-15-21)11-12-19-18(3)10-7-14-20(19,4)5/h11-12,16-19,21H,6-10,13-15H2,1-5H3/b12-11+/t16?,17-,18?,19+/m0/s1. The fourth-order valence-electron chi connectivity index (χ4n) is 4.00. The van der Waals surface area contributed by atoms with E-state index in [1.54, 1.807) is 0 Å². The van der Waals surface area contributed by atoms with Gasteiger partial charge in [-0.15, -0.1) is 0 Å². The van der Waals surface area contributed by atoms with E-state index >= 15 is 0 Å². The molecule has 1 aliphatic carbocycles. The van der Waals surface area contributed by atoms with E-state index in [-0.39, 0.29) is 0 Å². The molecule has 21 heavy (non-hydrogen) atoms. The second-order valence-electron chi connectivity index (χ2n) is 8.29. The first-order valence-corrected chi connectivity index (χ1v) is 9.16. The lowest BCUT2D eigenvalue weighted by Gasteiger charge is -2.41. The van der Waals surface area contributed by atoms with Crippen molar-refractivity contribution in [3.63, 3.8) is 0 Å². The molecule has 0 radical (unpaired) electrons. The lowest BCUT2D eigenvalue weighted by Crippen LogP contribution is -2.32. The van der Waals surface area contributed by atoms with Crippen molar-refractivity contribution >= 4 is 0 Å². The zero-order chi connectivity index (χ0) is 15.9. The normalized spacial score (nSPS) is 28.7. The molecule has 1 N–H and O–H groups in total. The van der Waals surface area contributed by atoms with E-state index in [9.17, 15) is 0 Å². The Balaban J connectivity index is 2.37. The van der Waals surface area contributed by atoms with Gasteiger partial charge in [0.2, 0.25) is 0 Å². The highest BCUT2D eigenvalue weighted by molar-refractivity contribution is 5.01. The molecule has 1 rings (SSSR count). The van der Waals surface area contributed by atoms with Crippen LogP contribution in [-0.2, 0) is 0 Å². The second-order valence-corrected chi connectivity index (χ2v) is 8.29. The van der Waals surface area contributed by atoms with E-state index in [1.807, 2.05) is 0 Å².